The topological polar surface area (TPSA) is 97.9 Å². The summed E-state index contributed by atoms with van der Waals surface area (Å²) in [4.78, 5) is 46.7. The van der Waals surface area contributed by atoms with Gasteiger partial charge in [-0.25, -0.2) is 9.78 Å². The van der Waals surface area contributed by atoms with E-state index in [-0.39, 0.29) is 66.3 Å². The van der Waals surface area contributed by atoms with Crippen LogP contribution in [0.1, 0.15) is 60.5 Å². The first-order valence-corrected chi connectivity index (χ1v) is 16.3. The molecule has 0 radical (unpaired) electrons. The van der Waals surface area contributed by atoms with E-state index in [1.165, 1.54) is 0 Å². The van der Waals surface area contributed by atoms with Crippen molar-refractivity contribution in [3.63, 3.8) is 0 Å². The molecule has 4 heterocycles. The van der Waals surface area contributed by atoms with Gasteiger partial charge in [0.1, 0.15) is 10.3 Å². The Kier molecular flexibility index (Phi) is 11.8. The van der Waals surface area contributed by atoms with E-state index < -0.39 is 12.1 Å². The molecule has 4 rings (SSSR count). The molecule has 2 aromatic rings. The molecule has 0 saturated carbocycles. The lowest BCUT2D eigenvalue weighted by atomic mass is 10.00. The number of aryl methyl sites for hydroxylation is 1. The van der Waals surface area contributed by atoms with Crippen LogP contribution in [0, 0.1) is 6.92 Å². The molecule has 2 N–H and O–H groups in total. The zero-order chi connectivity index (χ0) is 32.0. The number of halogens is 5. The molecule has 1 atom stereocenters. The molecule has 2 fully saturated rings. The number of carbonyl (C=O) groups is 3. The number of alkyl halides is 3. The molecular formula is C29H37Cl2F3N6O3S. The molecule has 0 aromatic carbocycles. The molecule has 9 nitrogen and oxygen atoms in total. The molecule has 2 aliphatic heterocycles. The fraction of sp³-hybridized carbons (Fsp3) is 0.586. The third-order valence-electron chi connectivity index (χ3n) is 8.33. The summed E-state index contributed by atoms with van der Waals surface area (Å²) in [5.41, 5.74) is 1.99. The van der Waals surface area contributed by atoms with E-state index in [0.717, 1.165) is 42.8 Å². The highest BCUT2D eigenvalue weighted by molar-refractivity contribution is 7.07. The number of aromatic nitrogens is 1. The van der Waals surface area contributed by atoms with Crippen LogP contribution in [0.3, 0.4) is 0 Å². The quantitative estimate of drug-likeness (QED) is 0.342. The van der Waals surface area contributed by atoms with Gasteiger partial charge in [0, 0.05) is 57.4 Å². The highest BCUT2D eigenvalue weighted by atomic mass is 35.5. The minimum Gasteiger partial charge on any atom is -0.352 e. The van der Waals surface area contributed by atoms with Crippen LogP contribution >= 0.6 is 34.5 Å². The lowest BCUT2D eigenvalue weighted by molar-refractivity contribution is -0.186. The molecule has 2 aliphatic rings. The molecule has 0 spiro atoms. The van der Waals surface area contributed by atoms with Gasteiger partial charge in [-0.3, -0.25) is 9.59 Å². The minimum absolute atomic E-state index is 0.00697. The van der Waals surface area contributed by atoms with Crippen LogP contribution in [0.2, 0.25) is 10.3 Å². The van der Waals surface area contributed by atoms with Gasteiger partial charge >= 0.3 is 18.1 Å². The Hall–Kier alpha value is -2.61. The van der Waals surface area contributed by atoms with Gasteiger partial charge in [0.25, 0.3) is 5.91 Å². The van der Waals surface area contributed by atoms with E-state index in [1.54, 1.807) is 24.3 Å². The molecule has 15 heteroatoms. The average molecular weight is 678 g/mol. The maximum Gasteiger partial charge on any atom is 0.471 e. The van der Waals surface area contributed by atoms with Crippen molar-refractivity contribution in [2.45, 2.75) is 76.8 Å². The largest absolute Gasteiger partial charge is 0.471 e. The number of nitrogens with zero attached hydrogens (tertiary/aromatic N) is 4. The zero-order valence-electron chi connectivity index (χ0n) is 24.6. The normalized spacial score (nSPS) is 17.8. The number of likely N-dealkylation sites (tertiary alicyclic amines) is 2. The third-order valence-corrected chi connectivity index (χ3v) is 9.52. The van der Waals surface area contributed by atoms with E-state index in [2.05, 4.69) is 27.4 Å². The van der Waals surface area contributed by atoms with Gasteiger partial charge in [-0.15, -0.1) is 0 Å². The summed E-state index contributed by atoms with van der Waals surface area (Å²) in [5.74, 6) is -2.13. The fourth-order valence-corrected chi connectivity index (χ4v) is 7.06. The monoisotopic (exact) mass is 676 g/mol. The first kappa shape index (κ1) is 34.3. The van der Waals surface area contributed by atoms with Crippen molar-refractivity contribution >= 4 is 52.4 Å². The number of rotatable bonds is 9. The fourth-order valence-electron chi connectivity index (χ4n) is 5.78. The van der Waals surface area contributed by atoms with Crippen LogP contribution in [-0.4, -0.2) is 94.6 Å². The first-order valence-electron chi connectivity index (χ1n) is 14.6. The van der Waals surface area contributed by atoms with E-state index in [4.69, 9.17) is 23.2 Å². The Balaban J connectivity index is 1.27. The Morgan fingerprint density at radius 3 is 2.41 bits per heavy atom. The number of nitrogens with one attached hydrogen (secondary N) is 2. The van der Waals surface area contributed by atoms with Crippen LogP contribution in [0.25, 0.3) is 0 Å². The van der Waals surface area contributed by atoms with E-state index >= 15 is 0 Å². The predicted molar refractivity (Wildman–Crippen MR) is 164 cm³/mol. The summed E-state index contributed by atoms with van der Waals surface area (Å²) in [6, 6.07) is 3.22. The van der Waals surface area contributed by atoms with Crippen LogP contribution < -0.4 is 10.6 Å². The Bertz CT molecular complexity index is 1280. The van der Waals surface area contributed by atoms with Crippen molar-refractivity contribution in [2.24, 2.45) is 0 Å². The summed E-state index contributed by atoms with van der Waals surface area (Å²) in [7, 11) is 0. The summed E-state index contributed by atoms with van der Waals surface area (Å²) >= 11 is 13.6. The Labute approximate surface area is 269 Å². The van der Waals surface area contributed by atoms with Crippen LogP contribution in [-0.2, 0) is 11.3 Å². The van der Waals surface area contributed by atoms with Gasteiger partial charge in [0.2, 0.25) is 0 Å². The maximum atomic E-state index is 13.5. The van der Waals surface area contributed by atoms with Crippen molar-refractivity contribution in [1.82, 2.24) is 30.3 Å². The minimum atomic E-state index is -4.89. The van der Waals surface area contributed by atoms with Crippen LogP contribution in [0.5, 0.6) is 0 Å². The third kappa shape index (κ3) is 8.98. The van der Waals surface area contributed by atoms with E-state index in [0.29, 0.717) is 24.2 Å². The second-order valence-electron chi connectivity index (χ2n) is 11.4. The molecule has 0 unspecified atom stereocenters. The summed E-state index contributed by atoms with van der Waals surface area (Å²) < 4.78 is 38.4. The van der Waals surface area contributed by atoms with E-state index in [9.17, 15) is 27.6 Å². The lowest BCUT2D eigenvalue weighted by Gasteiger charge is -2.41. The van der Waals surface area contributed by atoms with Gasteiger partial charge in [0.05, 0.1) is 5.56 Å². The molecule has 4 amide bonds. The van der Waals surface area contributed by atoms with Gasteiger partial charge in [0.15, 0.2) is 0 Å². The van der Waals surface area contributed by atoms with Crippen molar-refractivity contribution in [3.8, 4) is 0 Å². The van der Waals surface area contributed by atoms with Crippen LogP contribution in [0.4, 0.5) is 18.0 Å². The number of pyridine rings is 1. The average Bonchev–Trinajstić information content (AvgIpc) is 3.48. The van der Waals surface area contributed by atoms with Gasteiger partial charge in [-0.05, 0) is 80.0 Å². The van der Waals surface area contributed by atoms with Gasteiger partial charge in [-0.1, -0.05) is 23.2 Å². The molecule has 0 aliphatic carbocycles. The second kappa shape index (κ2) is 15.1. The molecule has 44 heavy (non-hydrogen) atoms. The number of amides is 4. The van der Waals surface area contributed by atoms with Crippen molar-refractivity contribution in [3.05, 3.63) is 49.9 Å². The summed E-state index contributed by atoms with van der Waals surface area (Å²) in [6.07, 6.45) is -2.10. The number of hydrogen-bond acceptors (Lipinski definition) is 6. The second-order valence-corrected chi connectivity index (χ2v) is 12.9. The summed E-state index contributed by atoms with van der Waals surface area (Å²) in [5, 5.41) is 10.2. The maximum absolute atomic E-state index is 13.5. The molecular weight excluding hydrogens is 640 g/mol. The van der Waals surface area contributed by atoms with Crippen molar-refractivity contribution in [1.29, 1.82) is 0 Å². The first-order chi connectivity index (χ1) is 20.8. The standard InChI is InChI=1S/C29H37Cl2F3N6O3S/c1-18-15-23(30)37-25(31)24(18)26(41)35-9-3-19(2)38-12-6-22(7-13-38)40(16-20-8-14-44-17-20)28(43)36-21-4-10-39(11-5-21)27(42)29(32,33)34/h8,14-15,17,19,21-22H,3-7,9-13,16H2,1-2H3,(H,35,41)(H,36,43)/t19-/m1/s1. The molecule has 242 valence electrons. The number of hydrogen-bond donors (Lipinski definition) is 2. The lowest BCUT2D eigenvalue weighted by Crippen LogP contribution is -2.55. The smallest absolute Gasteiger partial charge is 0.352 e. The SMILES string of the molecule is Cc1cc(Cl)nc(Cl)c1C(=O)NCC[C@@H](C)N1CCC(N(Cc2ccsc2)C(=O)NC2CCN(C(=O)C(F)(F)F)CC2)CC1. The van der Waals surface area contributed by atoms with Crippen molar-refractivity contribution in [2.75, 3.05) is 32.7 Å². The van der Waals surface area contributed by atoms with E-state index in [1.807, 2.05) is 21.7 Å². The van der Waals surface area contributed by atoms with Gasteiger partial charge < -0.3 is 25.3 Å². The number of thiophene rings is 1. The zero-order valence-corrected chi connectivity index (χ0v) is 27.0. The number of carbonyl (C=O) groups excluding carboxylic acids is 3. The summed E-state index contributed by atoms with van der Waals surface area (Å²) in [6.45, 7) is 6.22. The predicted octanol–water partition coefficient (Wildman–Crippen LogP) is 5.50. The highest BCUT2D eigenvalue weighted by Gasteiger charge is 2.43. The van der Waals surface area contributed by atoms with Crippen LogP contribution in [0.15, 0.2) is 22.9 Å². The molecule has 0 bridgehead atoms. The Morgan fingerprint density at radius 1 is 1.14 bits per heavy atom. The van der Waals surface area contributed by atoms with Crippen molar-refractivity contribution < 1.29 is 27.6 Å². The Morgan fingerprint density at radius 2 is 1.82 bits per heavy atom. The number of urea groups is 1. The van der Waals surface area contributed by atoms with Gasteiger partial charge in [-0.2, -0.15) is 24.5 Å². The number of piperidine rings is 2. The molecule has 2 aromatic heterocycles. The highest BCUT2D eigenvalue weighted by Crippen LogP contribution is 2.25. The molecule has 2 saturated heterocycles.